The molecule has 0 fully saturated rings. The van der Waals surface area contributed by atoms with Crippen molar-refractivity contribution in [2.75, 3.05) is 0 Å². The minimum absolute atomic E-state index is 0.125. The van der Waals surface area contributed by atoms with Crippen LogP contribution in [0.5, 0.6) is 0 Å². The topological polar surface area (TPSA) is 54.1 Å². The lowest BCUT2D eigenvalue weighted by molar-refractivity contribution is 0.104. The number of rotatable bonds is 3. The van der Waals surface area contributed by atoms with E-state index < -0.39 is 0 Å². The fourth-order valence-corrected chi connectivity index (χ4v) is 2.62. The van der Waals surface area contributed by atoms with Gasteiger partial charge in [-0.05, 0) is 24.3 Å². The molecule has 0 atom stereocenters. The molecule has 0 aromatic heterocycles. The molecule has 26 heavy (non-hydrogen) atoms. The smallest absolute Gasteiger partial charge is 0.188 e. The molecule has 0 N–H and O–H groups in total. The van der Waals surface area contributed by atoms with Crippen LogP contribution in [0, 0.1) is 0 Å². The number of para-hydroxylation sites is 3. The third-order valence-electron chi connectivity index (χ3n) is 3.90. The van der Waals surface area contributed by atoms with Crippen molar-refractivity contribution >= 4 is 17.3 Å². The van der Waals surface area contributed by atoms with Gasteiger partial charge in [-0.3, -0.25) is 4.79 Å². The number of hydrogen-bond acceptors (Lipinski definition) is 3. The van der Waals surface area contributed by atoms with Crippen molar-refractivity contribution in [1.29, 1.82) is 0 Å². The fourth-order valence-electron chi connectivity index (χ4n) is 2.62. The third-order valence-corrected chi connectivity index (χ3v) is 3.90. The first-order chi connectivity index (χ1) is 12.8. The molecule has 124 valence electrons. The van der Waals surface area contributed by atoms with Crippen molar-refractivity contribution in [3.05, 3.63) is 113 Å². The van der Waals surface area contributed by atoms with Gasteiger partial charge in [-0.25, -0.2) is 15.0 Å². The standard InChI is InChI=1S/C22H15N3O/c26-21(16-9-3-1-4-10-16)15-20-22(23-17-11-5-2-6-12-17)25-19-14-8-7-13-18(19)24-20/h1-15H. The summed E-state index contributed by atoms with van der Waals surface area (Å²) < 4.78 is 0. The second-order valence-corrected chi connectivity index (χ2v) is 5.74. The van der Waals surface area contributed by atoms with Gasteiger partial charge in [0.15, 0.2) is 11.6 Å². The van der Waals surface area contributed by atoms with Gasteiger partial charge >= 0.3 is 0 Å². The molecule has 0 bridgehead atoms. The summed E-state index contributed by atoms with van der Waals surface area (Å²) in [4.78, 5) is 26.4. The number of aliphatic imine (C=N–C) groups is 1. The zero-order valence-corrected chi connectivity index (χ0v) is 13.9. The molecule has 0 saturated heterocycles. The van der Waals surface area contributed by atoms with Crippen LogP contribution < -0.4 is 10.7 Å². The Bertz CT molecular complexity index is 1130. The minimum Gasteiger partial charge on any atom is -0.289 e. The summed E-state index contributed by atoms with van der Waals surface area (Å²) in [6, 6.07) is 26.2. The predicted octanol–water partition coefficient (Wildman–Crippen LogP) is 3.44. The maximum atomic E-state index is 12.6. The van der Waals surface area contributed by atoms with E-state index in [1.54, 1.807) is 12.1 Å². The first-order valence-electron chi connectivity index (χ1n) is 8.27. The van der Waals surface area contributed by atoms with E-state index in [2.05, 4.69) is 15.0 Å². The van der Waals surface area contributed by atoms with E-state index in [0.29, 0.717) is 17.1 Å². The van der Waals surface area contributed by atoms with Crippen LogP contribution in [0.2, 0.25) is 0 Å². The lowest BCUT2D eigenvalue weighted by Crippen LogP contribution is -2.30. The predicted molar refractivity (Wildman–Crippen MR) is 101 cm³/mol. The van der Waals surface area contributed by atoms with E-state index >= 15 is 0 Å². The van der Waals surface area contributed by atoms with Gasteiger partial charge in [0.05, 0.1) is 16.4 Å². The normalized spacial score (nSPS) is 15.8. The fraction of sp³-hybridized carbons (Fsp3) is 0. The zero-order valence-electron chi connectivity index (χ0n) is 13.9. The number of hydrogen-bond donors (Lipinski definition) is 0. The molecule has 0 amide bonds. The lowest BCUT2D eigenvalue weighted by atomic mass is 10.1. The maximum Gasteiger partial charge on any atom is 0.188 e. The van der Waals surface area contributed by atoms with Gasteiger partial charge in [0, 0.05) is 11.6 Å². The van der Waals surface area contributed by atoms with E-state index in [0.717, 1.165) is 16.4 Å². The number of fused-ring (bicyclic) bond motifs is 1. The highest BCUT2D eigenvalue weighted by atomic mass is 16.1. The molecule has 4 heteroatoms. The van der Waals surface area contributed by atoms with Crippen LogP contribution in [-0.2, 0) is 0 Å². The molecule has 1 heterocycles. The first-order valence-corrected chi connectivity index (χ1v) is 8.27. The van der Waals surface area contributed by atoms with Gasteiger partial charge in [-0.1, -0.05) is 60.7 Å². The Morgan fingerprint density at radius 2 is 1.31 bits per heavy atom. The minimum atomic E-state index is -0.125. The van der Waals surface area contributed by atoms with Gasteiger partial charge in [-0.2, -0.15) is 0 Å². The molecular formula is C22H15N3O. The molecule has 1 aliphatic rings. The Morgan fingerprint density at radius 1 is 0.731 bits per heavy atom. The summed E-state index contributed by atoms with van der Waals surface area (Å²) in [6.07, 6.45) is 1.50. The van der Waals surface area contributed by atoms with Gasteiger partial charge < -0.3 is 0 Å². The third kappa shape index (κ3) is 3.39. The number of carbonyl (C=O) groups excluding carboxylic acids is 1. The van der Waals surface area contributed by atoms with Crippen molar-refractivity contribution in [3.8, 4) is 0 Å². The molecule has 0 aliphatic carbocycles. The molecule has 0 spiro atoms. The Kier molecular flexibility index (Phi) is 4.31. The molecule has 0 radical (unpaired) electrons. The van der Waals surface area contributed by atoms with Crippen molar-refractivity contribution in [2.24, 2.45) is 15.0 Å². The largest absolute Gasteiger partial charge is 0.289 e. The van der Waals surface area contributed by atoms with Crippen LogP contribution in [0.1, 0.15) is 10.4 Å². The van der Waals surface area contributed by atoms with E-state index in [-0.39, 0.29) is 5.78 Å². The van der Waals surface area contributed by atoms with Gasteiger partial charge in [0.1, 0.15) is 5.70 Å². The number of ketones is 1. The quantitative estimate of drug-likeness (QED) is 0.533. The average Bonchev–Trinajstić information content (AvgIpc) is 2.70. The molecule has 3 aromatic carbocycles. The van der Waals surface area contributed by atoms with Crippen LogP contribution in [-0.4, -0.2) is 11.6 Å². The molecule has 1 aliphatic heterocycles. The van der Waals surface area contributed by atoms with E-state index in [9.17, 15) is 4.79 Å². The van der Waals surface area contributed by atoms with Crippen LogP contribution in [0.25, 0.3) is 0 Å². The summed E-state index contributed by atoms with van der Waals surface area (Å²) >= 11 is 0. The number of nitrogens with zero attached hydrogens (tertiary/aromatic N) is 3. The van der Waals surface area contributed by atoms with Gasteiger partial charge in [0.25, 0.3) is 0 Å². The highest BCUT2D eigenvalue weighted by Gasteiger charge is 2.13. The van der Waals surface area contributed by atoms with Crippen LogP contribution in [0.15, 0.2) is 112 Å². The van der Waals surface area contributed by atoms with E-state index in [1.165, 1.54) is 6.08 Å². The monoisotopic (exact) mass is 337 g/mol. The summed E-state index contributed by atoms with van der Waals surface area (Å²) in [7, 11) is 0. The summed E-state index contributed by atoms with van der Waals surface area (Å²) in [5.41, 5.74) is 1.83. The average molecular weight is 337 g/mol. The van der Waals surface area contributed by atoms with Crippen molar-refractivity contribution in [3.63, 3.8) is 0 Å². The number of amidine groups is 1. The highest BCUT2D eigenvalue weighted by Crippen LogP contribution is 2.15. The molecule has 0 saturated carbocycles. The molecular weight excluding hydrogens is 322 g/mol. The Labute approximate surface area is 150 Å². The number of allylic oxidation sites excluding steroid dienone is 1. The highest BCUT2D eigenvalue weighted by molar-refractivity contribution is 6.11. The van der Waals surface area contributed by atoms with Crippen LogP contribution >= 0.6 is 0 Å². The summed E-state index contributed by atoms with van der Waals surface area (Å²) in [5.74, 6) is 0.305. The van der Waals surface area contributed by atoms with Gasteiger partial charge in [-0.15, -0.1) is 0 Å². The van der Waals surface area contributed by atoms with Crippen LogP contribution in [0.3, 0.4) is 0 Å². The van der Waals surface area contributed by atoms with Gasteiger partial charge in [0.2, 0.25) is 0 Å². The lowest BCUT2D eigenvalue weighted by Gasteiger charge is -2.07. The van der Waals surface area contributed by atoms with E-state index in [1.807, 2.05) is 72.8 Å². The number of benzene rings is 3. The Hall–Kier alpha value is -3.66. The van der Waals surface area contributed by atoms with Crippen molar-refractivity contribution < 1.29 is 4.79 Å². The SMILES string of the molecule is O=C(C=C1N=c2ccccc2=NC1=Nc1ccccc1)c1ccccc1. The second kappa shape index (κ2) is 7.07. The Balaban J connectivity index is 1.84. The summed E-state index contributed by atoms with van der Waals surface area (Å²) in [5, 5.41) is 1.47. The zero-order chi connectivity index (χ0) is 17.8. The number of carbonyl (C=O) groups is 1. The first kappa shape index (κ1) is 15.8. The maximum absolute atomic E-state index is 12.6. The molecule has 4 rings (SSSR count). The van der Waals surface area contributed by atoms with Crippen molar-refractivity contribution in [1.82, 2.24) is 0 Å². The summed E-state index contributed by atoms with van der Waals surface area (Å²) in [6.45, 7) is 0. The molecule has 0 unspecified atom stereocenters. The molecule has 3 aromatic rings. The van der Waals surface area contributed by atoms with Crippen molar-refractivity contribution in [2.45, 2.75) is 0 Å². The van der Waals surface area contributed by atoms with Crippen LogP contribution in [0.4, 0.5) is 5.69 Å². The van der Waals surface area contributed by atoms with E-state index in [4.69, 9.17) is 0 Å². The molecule has 4 nitrogen and oxygen atoms in total. The Morgan fingerprint density at radius 3 is 2.00 bits per heavy atom. The second-order valence-electron chi connectivity index (χ2n) is 5.74.